The Kier molecular flexibility index (Phi) is 8.45. The number of hydrogen-bond donors (Lipinski definition) is 0. The molecule has 12 heteroatoms. The number of likely N-dealkylation sites (N-methyl/N-ethyl adjacent to an activating group) is 2. The van der Waals surface area contributed by atoms with Crippen LogP contribution in [-0.4, -0.2) is 59.0 Å². The molecule has 2 aromatic carbocycles. The van der Waals surface area contributed by atoms with Gasteiger partial charge in [-0.1, -0.05) is 0 Å². The van der Waals surface area contributed by atoms with Crippen molar-refractivity contribution in [2.75, 3.05) is 27.2 Å². The van der Waals surface area contributed by atoms with Gasteiger partial charge in [-0.05, 0) is 35.4 Å². The first-order valence-electron chi connectivity index (χ1n) is 9.40. The number of nitro benzene ring substituents is 2. The third-order valence-electron chi connectivity index (χ3n) is 4.41. The Balaban J connectivity index is 1.71. The van der Waals surface area contributed by atoms with Gasteiger partial charge in [-0.25, -0.2) is 9.59 Å². The fourth-order valence-electron chi connectivity index (χ4n) is 2.42. The van der Waals surface area contributed by atoms with Gasteiger partial charge in [0.25, 0.3) is 11.4 Å². The van der Waals surface area contributed by atoms with Gasteiger partial charge in [0.2, 0.25) is 0 Å². The van der Waals surface area contributed by atoms with Crippen LogP contribution in [0.2, 0.25) is 0 Å². The summed E-state index contributed by atoms with van der Waals surface area (Å²) in [6, 6.07) is 11.3. The van der Waals surface area contributed by atoms with Crippen molar-refractivity contribution in [3.8, 4) is 0 Å². The van der Waals surface area contributed by atoms with Gasteiger partial charge >= 0.3 is 12.2 Å². The summed E-state index contributed by atoms with van der Waals surface area (Å²) in [5, 5.41) is 21.3. The lowest BCUT2D eigenvalue weighted by atomic mass is 10.2. The van der Waals surface area contributed by atoms with Gasteiger partial charge in [0, 0.05) is 51.5 Å². The third kappa shape index (κ3) is 7.23. The van der Waals surface area contributed by atoms with Crippen LogP contribution in [0.25, 0.3) is 0 Å². The van der Waals surface area contributed by atoms with Gasteiger partial charge in [0.1, 0.15) is 13.2 Å². The number of benzene rings is 2. The lowest BCUT2D eigenvalue weighted by Gasteiger charge is -2.21. The zero-order chi connectivity index (χ0) is 23.7. The highest BCUT2D eigenvalue weighted by molar-refractivity contribution is 5.68. The van der Waals surface area contributed by atoms with E-state index in [-0.39, 0.29) is 37.7 Å². The molecule has 0 N–H and O–H groups in total. The molecule has 0 fully saturated rings. The van der Waals surface area contributed by atoms with Crippen LogP contribution >= 0.6 is 0 Å². The summed E-state index contributed by atoms with van der Waals surface area (Å²) in [5.41, 5.74) is 1.09. The number of hydrogen-bond acceptors (Lipinski definition) is 8. The Hall–Kier alpha value is -4.22. The molecule has 0 atom stereocenters. The van der Waals surface area contributed by atoms with Crippen LogP contribution in [0.15, 0.2) is 48.5 Å². The third-order valence-corrected chi connectivity index (χ3v) is 4.41. The molecule has 2 rings (SSSR count). The fourth-order valence-corrected chi connectivity index (χ4v) is 2.42. The molecule has 12 nitrogen and oxygen atoms in total. The molecule has 0 aliphatic carbocycles. The van der Waals surface area contributed by atoms with Crippen LogP contribution in [0.5, 0.6) is 0 Å². The lowest BCUT2D eigenvalue weighted by Crippen LogP contribution is -2.37. The maximum absolute atomic E-state index is 12.1. The fraction of sp³-hybridized carbons (Fsp3) is 0.300. The Morgan fingerprint density at radius 3 is 1.31 bits per heavy atom. The minimum absolute atomic E-state index is 0.0473. The molecule has 0 aromatic heterocycles. The van der Waals surface area contributed by atoms with E-state index in [0.717, 1.165) is 0 Å². The molecule has 0 aliphatic heterocycles. The molecule has 0 saturated carbocycles. The number of nitro groups is 2. The van der Waals surface area contributed by atoms with Crippen LogP contribution < -0.4 is 0 Å². The van der Waals surface area contributed by atoms with Crippen molar-refractivity contribution in [2.24, 2.45) is 0 Å². The average molecular weight is 446 g/mol. The van der Waals surface area contributed by atoms with Gasteiger partial charge in [0.15, 0.2) is 0 Å². The summed E-state index contributed by atoms with van der Waals surface area (Å²) in [6.45, 7) is 0.271. The van der Waals surface area contributed by atoms with Crippen LogP contribution in [0, 0.1) is 20.2 Å². The topological polar surface area (TPSA) is 145 Å². The molecule has 170 valence electrons. The van der Waals surface area contributed by atoms with Gasteiger partial charge in [-0.2, -0.15) is 0 Å². The molecule has 0 heterocycles. The maximum atomic E-state index is 12.1. The lowest BCUT2D eigenvalue weighted by molar-refractivity contribution is -0.385. The maximum Gasteiger partial charge on any atom is 0.409 e. The summed E-state index contributed by atoms with van der Waals surface area (Å²) in [5.74, 6) is 0. The number of carbonyl (C=O) groups is 2. The quantitative estimate of drug-likeness (QED) is 0.421. The first kappa shape index (κ1) is 24.1. The second-order valence-corrected chi connectivity index (χ2v) is 6.80. The Morgan fingerprint density at radius 2 is 1.03 bits per heavy atom. The normalized spacial score (nSPS) is 10.2. The van der Waals surface area contributed by atoms with Crippen molar-refractivity contribution in [1.29, 1.82) is 0 Å². The molecule has 0 unspecified atom stereocenters. The van der Waals surface area contributed by atoms with E-state index >= 15 is 0 Å². The van der Waals surface area contributed by atoms with Crippen molar-refractivity contribution >= 4 is 23.6 Å². The first-order chi connectivity index (χ1) is 15.2. The summed E-state index contributed by atoms with van der Waals surface area (Å²) in [7, 11) is 3.02. The van der Waals surface area contributed by atoms with E-state index in [0.29, 0.717) is 11.1 Å². The molecule has 0 spiro atoms. The molecule has 0 radical (unpaired) electrons. The van der Waals surface area contributed by atoms with E-state index in [1.54, 1.807) is 0 Å². The van der Waals surface area contributed by atoms with Gasteiger partial charge in [0.05, 0.1) is 9.85 Å². The number of amides is 2. The Morgan fingerprint density at radius 1 is 0.719 bits per heavy atom. The molecule has 0 saturated heterocycles. The number of nitrogens with zero attached hydrogens (tertiary/aromatic N) is 4. The smallest absolute Gasteiger partial charge is 0.409 e. The number of carbonyl (C=O) groups excluding carboxylic acids is 2. The average Bonchev–Trinajstić information content (AvgIpc) is 2.79. The molecular formula is C20H22N4O8. The van der Waals surface area contributed by atoms with Crippen LogP contribution in [-0.2, 0) is 22.7 Å². The van der Waals surface area contributed by atoms with Crippen molar-refractivity contribution in [2.45, 2.75) is 13.2 Å². The highest BCUT2D eigenvalue weighted by Crippen LogP contribution is 2.14. The largest absolute Gasteiger partial charge is 0.445 e. The molecule has 32 heavy (non-hydrogen) atoms. The standard InChI is InChI=1S/C20H22N4O8/c1-21(19(25)31-13-15-3-7-17(8-4-15)23(27)28)11-12-22(2)20(26)32-14-16-5-9-18(10-6-16)24(29)30/h3-10H,11-14H2,1-2H3. The predicted molar refractivity (Wildman–Crippen MR) is 112 cm³/mol. The summed E-state index contributed by atoms with van der Waals surface area (Å²) < 4.78 is 10.3. The highest BCUT2D eigenvalue weighted by Gasteiger charge is 2.15. The second kappa shape index (κ2) is 11.2. The van der Waals surface area contributed by atoms with Crippen LogP contribution in [0.1, 0.15) is 11.1 Å². The van der Waals surface area contributed by atoms with E-state index in [2.05, 4.69) is 0 Å². The zero-order valence-electron chi connectivity index (χ0n) is 17.5. The number of ether oxygens (including phenoxy) is 2. The summed E-state index contributed by atoms with van der Waals surface area (Å²) in [6.07, 6.45) is -1.23. The van der Waals surface area contributed by atoms with Crippen LogP contribution in [0.4, 0.5) is 21.0 Å². The van der Waals surface area contributed by atoms with E-state index < -0.39 is 22.0 Å². The SMILES string of the molecule is CN(CCN(C)C(=O)OCc1ccc([N+](=O)[O-])cc1)C(=O)OCc1ccc([N+](=O)[O-])cc1. The van der Waals surface area contributed by atoms with E-state index in [1.807, 2.05) is 0 Å². The second-order valence-electron chi connectivity index (χ2n) is 6.80. The predicted octanol–water partition coefficient (Wildman–Crippen LogP) is 3.34. The molecule has 2 amide bonds. The monoisotopic (exact) mass is 446 g/mol. The number of non-ortho nitro benzene ring substituents is 2. The number of rotatable bonds is 9. The minimum Gasteiger partial charge on any atom is -0.445 e. The highest BCUT2D eigenvalue weighted by atomic mass is 16.6. The Labute approximate surface area is 183 Å². The van der Waals surface area contributed by atoms with Crippen molar-refractivity contribution in [1.82, 2.24) is 9.80 Å². The van der Waals surface area contributed by atoms with E-state index in [1.165, 1.54) is 72.4 Å². The summed E-state index contributed by atoms with van der Waals surface area (Å²) in [4.78, 5) is 47.0. The van der Waals surface area contributed by atoms with Crippen molar-refractivity contribution in [3.63, 3.8) is 0 Å². The van der Waals surface area contributed by atoms with E-state index in [4.69, 9.17) is 9.47 Å². The molecule has 2 aromatic rings. The molecule has 0 bridgehead atoms. The zero-order valence-corrected chi connectivity index (χ0v) is 17.5. The van der Waals surface area contributed by atoms with Gasteiger partial charge < -0.3 is 19.3 Å². The molecular weight excluding hydrogens is 424 g/mol. The van der Waals surface area contributed by atoms with Gasteiger partial charge in [-0.15, -0.1) is 0 Å². The minimum atomic E-state index is -0.615. The van der Waals surface area contributed by atoms with E-state index in [9.17, 15) is 29.8 Å². The molecule has 0 aliphatic rings. The van der Waals surface area contributed by atoms with Crippen LogP contribution in [0.3, 0.4) is 0 Å². The Bertz CT molecular complexity index is 883. The van der Waals surface area contributed by atoms with Gasteiger partial charge in [-0.3, -0.25) is 20.2 Å². The first-order valence-corrected chi connectivity index (χ1v) is 9.40. The van der Waals surface area contributed by atoms with Crippen molar-refractivity contribution < 1.29 is 28.9 Å². The van der Waals surface area contributed by atoms with Crippen molar-refractivity contribution in [3.05, 3.63) is 79.9 Å². The summed E-state index contributed by atoms with van der Waals surface area (Å²) >= 11 is 0.